The molecule has 2 rings (SSSR count). The van der Waals surface area contributed by atoms with E-state index in [1.54, 1.807) is 11.7 Å². The fraction of sp³-hybridized carbons (Fsp3) is 0.692. The Bertz CT molecular complexity index is 441. The highest BCUT2D eigenvalue weighted by Crippen LogP contribution is 2.30. The second-order valence-corrected chi connectivity index (χ2v) is 5.87. The molecule has 5 nitrogen and oxygen atoms in total. The highest BCUT2D eigenvalue weighted by atomic mass is 16.4. The summed E-state index contributed by atoms with van der Waals surface area (Å²) in [6, 6.07) is 0. The first kappa shape index (κ1) is 13.1. The molecule has 5 heteroatoms. The van der Waals surface area contributed by atoms with Crippen molar-refractivity contribution >= 4 is 5.97 Å². The Hall–Kier alpha value is -1.36. The molecule has 0 amide bonds. The number of aromatic nitrogens is 2. The third-order valence-electron chi connectivity index (χ3n) is 3.87. The van der Waals surface area contributed by atoms with Gasteiger partial charge in [0.1, 0.15) is 5.56 Å². The highest BCUT2D eigenvalue weighted by molar-refractivity contribution is 5.88. The first-order chi connectivity index (χ1) is 8.39. The Morgan fingerprint density at radius 2 is 2.06 bits per heavy atom. The van der Waals surface area contributed by atoms with Gasteiger partial charge in [-0.05, 0) is 31.3 Å². The summed E-state index contributed by atoms with van der Waals surface area (Å²) in [5, 5.41) is 13.2. The topological polar surface area (TPSA) is 58.4 Å². The molecule has 1 N–H and O–H groups in total. The number of hydrogen-bond donors (Lipinski definition) is 1. The summed E-state index contributed by atoms with van der Waals surface area (Å²) in [6.45, 7) is 7.30. The lowest BCUT2D eigenvalue weighted by molar-refractivity contribution is 0.0691. The van der Waals surface area contributed by atoms with Gasteiger partial charge in [-0.15, -0.1) is 0 Å². The van der Waals surface area contributed by atoms with Crippen LogP contribution in [0.5, 0.6) is 0 Å². The monoisotopic (exact) mass is 251 g/mol. The first-order valence-corrected chi connectivity index (χ1v) is 6.35. The minimum Gasteiger partial charge on any atom is -0.478 e. The van der Waals surface area contributed by atoms with Gasteiger partial charge in [0.05, 0.1) is 11.9 Å². The lowest BCUT2D eigenvalue weighted by Crippen LogP contribution is -2.37. The standard InChI is InChI=1S/C13H21N3O2/c1-13(2)4-6-16(7-5-13)9-11-10(12(17)18)8-14-15(11)3/h8H,4-7,9H2,1-3H3,(H,17,18). The van der Waals surface area contributed by atoms with Gasteiger partial charge in [-0.2, -0.15) is 5.10 Å². The number of hydrogen-bond acceptors (Lipinski definition) is 3. The maximum absolute atomic E-state index is 11.1. The number of rotatable bonds is 3. The summed E-state index contributed by atoms with van der Waals surface area (Å²) >= 11 is 0. The molecule has 1 aliphatic heterocycles. The van der Waals surface area contributed by atoms with Crippen LogP contribution in [0.25, 0.3) is 0 Å². The third kappa shape index (κ3) is 2.72. The van der Waals surface area contributed by atoms with Crippen molar-refractivity contribution in [2.75, 3.05) is 13.1 Å². The average Bonchev–Trinajstić information content (AvgIpc) is 2.64. The molecule has 18 heavy (non-hydrogen) atoms. The molecule has 0 bridgehead atoms. The molecule has 0 unspecified atom stereocenters. The second-order valence-electron chi connectivity index (χ2n) is 5.87. The van der Waals surface area contributed by atoms with Crippen LogP contribution in [0.15, 0.2) is 6.20 Å². The van der Waals surface area contributed by atoms with Crippen molar-refractivity contribution in [2.45, 2.75) is 33.2 Å². The molecule has 1 aliphatic rings. The van der Waals surface area contributed by atoms with Crippen LogP contribution in [0.2, 0.25) is 0 Å². The zero-order valence-electron chi connectivity index (χ0n) is 11.3. The zero-order chi connectivity index (χ0) is 13.3. The predicted octanol–water partition coefficient (Wildman–Crippen LogP) is 1.74. The number of carboxylic acids is 1. The fourth-order valence-corrected chi connectivity index (χ4v) is 2.36. The number of aromatic carboxylic acids is 1. The van der Waals surface area contributed by atoms with E-state index >= 15 is 0 Å². The maximum atomic E-state index is 11.1. The fourth-order valence-electron chi connectivity index (χ4n) is 2.36. The number of carbonyl (C=O) groups is 1. The van der Waals surface area contributed by atoms with E-state index in [4.69, 9.17) is 5.11 Å². The van der Waals surface area contributed by atoms with E-state index in [1.807, 2.05) is 0 Å². The summed E-state index contributed by atoms with van der Waals surface area (Å²) < 4.78 is 1.67. The van der Waals surface area contributed by atoms with Crippen LogP contribution in [0.3, 0.4) is 0 Å². The first-order valence-electron chi connectivity index (χ1n) is 6.35. The number of piperidine rings is 1. The van der Waals surface area contributed by atoms with Gasteiger partial charge in [-0.1, -0.05) is 13.8 Å². The van der Waals surface area contributed by atoms with Crippen molar-refractivity contribution in [1.82, 2.24) is 14.7 Å². The van der Waals surface area contributed by atoms with E-state index in [0.29, 0.717) is 17.5 Å². The van der Waals surface area contributed by atoms with Crippen LogP contribution in [0, 0.1) is 5.41 Å². The van der Waals surface area contributed by atoms with Gasteiger partial charge in [0, 0.05) is 13.6 Å². The molecular formula is C13H21N3O2. The molecule has 0 radical (unpaired) electrons. The largest absolute Gasteiger partial charge is 0.478 e. The SMILES string of the molecule is Cn1ncc(C(=O)O)c1CN1CCC(C)(C)CC1. The lowest BCUT2D eigenvalue weighted by Gasteiger charge is -2.36. The van der Waals surface area contributed by atoms with Gasteiger partial charge in [0.2, 0.25) is 0 Å². The van der Waals surface area contributed by atoms with E-state index in [-0.39, 0.29) is 0 Å². The number of nitrogens with zero attached hydrogens (tertiary/aromatic N) is 3. The molecule has 1 fully saturated rings. The molecule has 2 heterocycles. The van der Waals surface area contributed by atoms with Crippen LogP contribution >= 0.6 is 0 Å². The van der Waals surface area contributed by atoms with E-state index in [0.717, 1.165) is 31.6 Å². The third-order valence-corrected chi connectivity index (χ3v) is 3.87. The Morgan fingerprint density at radius 3 is 2.61 bits per heavy atom. The Morgan fingerprint density at radius 1 is 1.44 bits per heavy atom. The van der Waals surface area contributed by atoms with Gasteiger partial charge >= 0.3 is 5.97 Å². The van der Waals surface area contributed by atoms with Crippen molar-refractivity contribution in [3.63, 3.8) is 0 Å². The van der Waals surface area contributed by atoms with Crippen molar-refractivity contribution in [3.05, 3.63) is 17.5 Å². The van der Waals surface area contributed by atoms with Crippen LogP contribution in [0.1, 0.15) is 42.7 Å². The average molecular weight is 251 g/mol. The minimum atomic E-state index is -0.893. The van der Waals surface area contributed by atoms with Gasteiger partial charge in [0.15, 0.2) is 0 Å². The molecule has 1 aromatic rings. The van der Waals surface area contributed by atoms with Gasteiger partial charge in [-0.3, -0.25) is 9.58 Å². The maximum Gasteiger partial charge on any atom is 0.339 e. The molecule has 0 spiro atoms. The van der Waals surface area contributed by atoms with Crippen molar-refractivity contribution in [3.8, 4) is 0 Å². The molecule has 1 aromatic heterocycles. The highest BCUT2D eigenvalue weighted by Gasteiger charge is 2.26. The molecule has 0 aromatic carbocycles. The van der Waals surface area contributed by atoms with Crippen LogP contribution < -0.4 is 0 Å². The Balaban J connectivity index is 2.06. The summed E-state index contributed by atoms with van der Waals surface area (Å²) in [5.41, 5.74) is 1.53. The lowest BCUT2D eigenvalue weighted by atomic mass is 9.82. The summed E-state index contributed by atoms with van der Waals surface area (Å²) in [6.07, 6.45) is 3.76. The van der Waals surface area contributed by atoms with Crippen LogP contribution in [-0.4, -0.2) is 38.8 Å². The smallest absolute Gasteiger partial charge is 0.339 e. The van der Waals surface area contributed by atoms with E-state index in [1.165, 1.54) is 6.20 Å². The Kier molecular flexibility index (Phi) is 3.43. The van der Waals surface area contributed by atoms with Gasteiger partial charge in [0.25, 0.3) is 0 Å². The molecule has 0 saturated carbocycles. The zero-order valence-corrected chi connectivity index (χ0v) is 11.3. The van der Waals surface area contributed by atoms with E-state index < -0.39 is 5.97 Å². The molecule has 0 atom stereocenters. The summed E-state index contributed by atoms with van der Waals surface area (Å²) in [5.74, 6) is -0.893. The number of carboxylic acid groups (broad SMARTS) is 1. The number of likely N-dealkylation sites (tertiary alicyclic amines) is 1. The predicted molar refractivity (Wildman–Crippen MR) is 68.5 cm³/mol. The molecule has 1 saturated heterocycles. The minimum absolute atomic E-state index is 0.322. The van der Waals surface area contributed by atoms with Crippen molar-refractivity contribution in [1.29, 1.82) is 0 Å². The normalized spacial score (nSPS) is 19.9. The second kappa shape index (κ2) is 4.72. The van der Waals surface area contributed by atoms with Crippen molar-refractivity contribution < 1.29 is 9.90 Å². The Labute approximate surface area is 107 Å². The molecule has 0 aliphatic carbocycles. The van der Waals surface area contributed by atoms with Gasteiger partial charge < -0.3 is 5.11 Å². The quantitative estimate of drug-likeness (QED) is 0.889. The molecular weight excluding hydrogens is 230 g/mol. The molecule has 100 valence electrons. The van der Waals surface area contributed by atoms with E-state index in [2.05, 4.69) is 23.8 Å². The van der Waals surface area contributed by atoms with E-state index in [9.17, 15) is 4.79 Å². The summed E-state index contributed by atoms with van der Waals surface area (Å²) in [7, 11) is 1.80. The van der Waals surface area contributed by atoms with Crippen LogP contribution in [-0.2, 0) is 13.6 Å². The van der Waals surface area contributed by atoms with Crippen molar-refractivity contribution in [2.24, 2.45) is 12.5 Å². The number of aryl methyl sites for hydroxylation is 1. The summed E-state index contributed by atoms with van der Waals surface area (Å²) in [4.78, 5) is 13.4. The van der Waals surface area contributed by atoms with Gasteiger partial charge in [-0.25, -0.2) is 4.79 Å². The van der Waals surface area contributed by atoms with Crippen LogP contribution in [0.4, 0.5) is 0 Å².